The topological polar surface area (TPSA) is 66.4 Å². The van der Waals surface area contributed by atoms with Crippen LogP contribution in [-0.2, 0) is 9.59 Å². The van der Waals surface area contributed by atoms with E-state index in [1.807, 2.05) is 32.0 Å². The Morgan fingerprint density at radius 3 is 2.44 bits per heavy atom. The highest BCUT2D eigenvalue weighted by Crippen LogP contribution is 2.36. The van der Waals surface area contributed by atoms with Crippen LogP contribution in [0.15, 0.2) is 34.8 Å². The SMILES string of the molecule is Cc1c(Br)cc(C(C(=O)NCCCC(=O)O)C(C)C)c2ccccc12. The number of hydrogen-bond acceptors (Lipinski definition) is 2. The molecule has 0 fully saturated rings. The van der Waals surface area contributed by atoms with E-state index in [4.69, 9.17) is 5.11 Å². The van der Waals surface area contributed by atoms with E-state index in [2.05, 4.69) is 40.3 Å². The molecule has 0 aliphatic heterocycles. The van der Waals surface area contributed by atoms with Crippen molar-refractivity contribution >= 4 is 38.6 Å². The maximum Gasteiger partial charge on any atom is 0.303 e. The van der Waals surface area contributed by atoms with Crippen molar-refractivity contribution in [2.24, 2.45) is 5.92 Å². The Morgan fingerprint density at radius 2 is 1.84 bits per heavy atom. The molecule has 5 heteroatoms. The summed E-state index contributed by atoms with van der Waals surface area (Å²) < 4.78 is 0.991. The predicted molar refractivity (Wildman–Crippen MR) is 104 cm³/mol. The molecule has 0 spiro atoms. The van der Waals surface area contributed by atoms with Crippen molar-refractivity contribution in [2.75, 3.05) is 6.54 Å². The van der Waals surface area contributed by atoms with Crippen LogP contribution in [0.2, 0.25) is 0 Å². The lowest BCUT2D eigenvalue weighted by atomic mass is 9.84. The van der Waals surface area contributed by atoms with Gasteiger partial charge in [-0.25, -0.2) is 0 Å². The third-order valence-corrected chi connectivity index (χ3v) is 5.26. The van der Waals surface area contributed by atoms with Crippen molar-refractivity contribution < 1.29 is 14.7 Å². The number of carbonyl (C=O) groups excluding carboxylic acids is 1. The first-order valence-corrected chi connectivity index (χ1v) is 9.29. The van der Waals surface area contributed by atoms with Crippen LogP contribution in [0.4, 0.5) is 0 Å². The molecule has 0 aliphatic rings. The fourth-order valence-electron chi connectivity index (χ4n) is 3.13. The monoisotopic (exact) mass is 405 g/mol. The van der Waals surface area contributed by atoms with Gasteiger partial charge in [-0.2, -0.15) is 0 Å². The first kappa shape index (κ1) is 19.4. The summed E-state index contributed by atoms with van der Waals surface area (Å²) in [5.74, 6) is -1.06. The number of carboxylic acids is 1. The Kier molecular flexibility index (Phi) is 6.59. The number of aliphatic carboxylic acids is 1. The highest BCUT2D eigenvalue weighted by Gasteiger charge is 2.26. The predicted octanol–water partition coefficient (Wildman–Crippen LogP) is 4.63. The molecule has 2 aromatic carbocycles. The number of hydrogen-bond donors (Lipinski definition) is 2. The summed E-state index contributed by atoms with van der Waals surface area (Å²) in [6.07, 6.45) is 0.496. The molecule has 1 amide bonds. The molecule has 0 aliphatic carbocycles. The molecule has 0 heterocycles. The minimum absolute atomic E-state index is 0.0544. The van der Waals surface area contributed by atoms with Crippen LogP contribution in [0, 0.1) is 12.8 Å². The second kappa shape index (κ2) is 8.48. The van der Waals surface area contributed by atoms with Crippen molar-refractivity contribution in [1.29, 1.82) is 0 Å². The van der Waals surface area contributed by atoms with Crippen molar-refractivity contribution in [2.45, 2.75) is 39.5 Å². The van der Waals surface area contributed by atoms with Crippen molar-refractivity contribution in [3.05, 3.63) is 45.9 Å². The smallest absolute Gasteiger partial charge is 0.303 e. The number of amides is 1. The maximum absolute atomic E-state index is 12.8. The zero-order valence-corrected chi connectivity index (χ0v) is 16.4. The molecule has 0 saturated carbocycles. The fraction of sp³-hybridized carbons (Fsp3) is 0.400. The molecule has 1 atom stereocenters. The van der Waals surface area contributed by atoms with Gasteiger partial charge < -0.3 is 10.4 Å². The summed E-state index contributed by atoms with van der Waals surface area (Å²) in [4.78, 5) is 23.4. The number of nitrogens with one attached hydrogen (secondary N) is 1. The molecule has 1 unspecified atom stereocenters. The number of aryl methyl sites for hydroxylation is 1. The lowest BCUT2D eigenvalue weighted by Crippen LogP contribution is -2.33. The van der Waals surface area contributed by atoms with Crippen LogP contribution in [0.5, 0.6) is 0 Å². The molecular formula is C20H24BrNO3. The second-order valence-corrected chi connectivity index (χ2v) is 7.48. The third kappa shape index (κ3) is 4.60. The van der Waals surface area contributed by atoms with E-state index in [1.54, 1.807) is 0 Å². The van der Waals surface area contributed by atoms with Crippen LogP contribution in [0.1, 0.15) is 43.7 Å². The summed E-state index contributed by atoms with van der Waals surface area (Å²) in [5, 5.41) is 13.8. The van der Waals surface area contributed by atoms with Gasteiger partial charge in [0.25, 0.3) is 0 Å². The lowest BCUT2D eigenvalue weighted by molar-refractivity contribution is -0.137. The molecular weight excluding hydrogens is 382 g/mol. The molecule has 2 rings (SSSR count). The molecule has 0 saturated heterocycles. The Balaban J connectivity index is 2.34. The number of rotatable bonds is 7. The number of carboxylic acid groups (broad SMARTS) is 1. The van der Waals surface area contributed by atoms with Gasteiger partial charge in [0.05, 0.1) is 5.92 Å². The van der Waals surface area contributed by atoms with Crippen LogP contribution in [0.3, 0.4) is 0 Å². The highest BCUT2D eigenvalue weighted by molar-refractivity contribution is 9.10. The van der Waals surface area contributed by atoms with Gasteiger partial charge in [-0.15, -0.1) is 0 Å². The summed E-state index contributed by atoms with van der Waals surface area (Å²) in [5.41, 5.74) is 2.16. The van der Waals surface area contributed by atoms with Crippen LogP contribution < -0.4 is 5.32 Å². The average molecular weight is 406 g/mol. The van der Waals surface area contributed by atoms with Crippen LogP contribution in [0.25, 0.3) is 10.8 Å². The van der Waals surface area contributed by atoms with E-state index in [1.165, 1.54) is 0 Å². The first-order chi connectivity index (χ1) is 11.8. The third-order valence-electron chi connectivity index (χ3n) is 4.43. The molecule has 4 nitrogen and oxygen atoms in total. The van der Waals surface area contributed by atoms with E-state index in [-0.39, 0.29) is 24.2 Å². The fourth-order valence-corrected chi connectivity index (χ4v) is 3.59. The zero-order valence-electron chi connectivity index (χ0n) is 14.8. The van der Waals surface area contributed by atoms with Gasteiger partial charge >= 0.3 is 5.97 Å². The van der Waals surface area contributed by atoms with Crippen molar-refractivity contribution in [3.8, 4) is 0 Å². The first-order valence-electron chi connectivity index (χ1n) is 8.50. The zero-order chi connectivity index (χ0) is 18.6. The maximum atomic E-state index is 12.8. The van der Waals surface area contributed by atoms with E-state index in [0.717, 1.165) is 26.4 Å². The molecule has 0 radical (unpaired) electrons. The minimum atomic E-state index is -0.844. The average Bonchev–Trinajstić information content (AvgIpc) is 2.56. The number of benzene rings is 2. The Morgan fingerprint density at radius 1 is 1.20 bits per heavy atom. The summed E-state index contributed by atoms with van der Waals surface area (Å²) in [6, 6.07) is 10.2. The van der Waals surface area contributed by atoms with Crippen molar-refractivity contribution in [1.82, 2.24) is 5.32 Å². The normalized spacial score (nSPS) is 12.4. The van der Waals surface area contributed by atoms with Gasteiger partial charge in [0.15, 0.2) is 0 Å². The van der Waals surface area contributed by atoms with Gasteiger partial charge in [-0.3, -0.25) is 9.59 Å². The van der Waals surface area contributed by atoms with Gasteiger partial charge in [0.2, 0.25) is 5.91 Å². The van der Waals surface area contributed by atoms with Gasteiger partial charge in [0.1, 0.15) is 0 Å². The van der Waals surface area contributed by atoms with Gasteiger partial charge in [-0.05, 0) is 47.2 Å². The molecule has 0 aromatic heterocycles. The summed E-state index contributed by atoms with van der Waals surface area (Å²) in [7, 11) is 0. The standard InChI is InChI=1S/C20H24BrNO3/c1-12(2)19(20(25)22-10-6-9-18(23)24)16-11-17(21)13(3)14-7-4-5-8-15(14)16/h4-5,7-8,11-12,19H,6,9-10H2,1-3H3,(H,22,25)(H,23,24). The van der Waals surface area contributed by atoms with Crippen LogP contribution in [-0.4, -0.2) is 23.5 Å². The molecule has 25 heavy (non-hydrogen) atoms. The Labute approximate surface area is 156 Å². The number of fused-ring (bicyclic) bond motifs is 1. The minimum Gasteiger partial charge on any atom is -0.481 e. The van der Waals surface area contributed by atoms with E-state index < -0.39 is 5.97 Å². The Bertz CT molecular complexity index is 786. The quantitative estimate of drug-likeness (QED) is 0.659. The molecule has 0 bridgehead atoms. The van der Waals surface area contributed by atoms with Crippen molar-refractivity contribution in [3.63, 3.8) is 0 Å². The highest BCUT2D eigenvalue weighted by atomic mass is 79.9. The van der Waals surface area contributed by atoms with E-state index in [9.17, 15) is 9.59 Å². The van der Waals surface area contributed by atoms with Gasteiger partial charge in [-0.1, -0.05) is 54.0 Å². The van der Waals surface area contributed by atoms with E-state index >= 15 is 0 Å². The summed E-state index contributed by atoms with van der Waals surface area (Å²) >= 11 is 3.62. The molecule has 2 N–H and O–H groups in total. The molecule has 134 valence electrons. The van der Waals surface area contributed by atoms with Crippen LogP contribution >= 0.6 is 15.9 Å². The largest absolute Gasteiger partial charge is 0.481 e. The van der Waals surface area contributed by atoms with E-state index in [0.29, 0.717) is 13.0 Å². The molecule has 2 aromatic rings. The number of halogens is 1. The van der Waals surface area contributed by atoms with Gasteiger partial charge in [0, 0.05) is 17.4 Å². The number of carbonyl (C=O) groups is 2. The summed E-state index contributed by atoms with van der Waals surface area (Å²) in [6.45, 7) is 6.50. The Hall–Kier alpha value is -1.88. The second-order valence-electron chi connectivity index (χ2n) is 6.63. The lowest BCUT2D eigenvalue weighted by Gasteiger charge is -2.23.